The van der Waals surface area contributed by atoms with Crippen LogP contribution in [0.4, 0.5) is 0 Å². The summed E-state index contributed by atoms with van der Waals surface area (Å²) in [6.45, 7) is 0.958. The zero-order valence-corrected chi connectivity index (χ0v) is 9.98. The number of benzene rings is 1. The number of rotatable bonds is 7. The highest BCUT2D eigenvalue weighted by molar-refractivity contribution is 5.22. The van der Waals surface area contributed by atoms with Crippen molar-refractivity contribution >= 4 is 0 Å². The molecule has 1 aromatic rings. The number of methoxy groups -OCH3 is 2. The van der Waals surface area contributed by atoms with Crippen LogP contribution in [0.1, 0.15) is 18.4 Å². The third kappa shape index (κ3) is 3.59. The van der Waals surface area contributed by atoms with Crippen LogP contribution in [-0.4, -0.2) is 32.5 Å². The summed E-state index contributed by atoms with van der Waals surface area (Å²) in [5.41, 5.74) is -0.0119. The van der Waals surface area contributed by atoms with Gasteiger partial charge in [-0.25, -0.2) is 0 Å². The Labute approximate surface area is 97.0 Å². The summed E-state index contributed by atoms with van der Waals surface area (Å²) >= 11 is 0. The van der Waals surface area contributed by atoms with Crippen LogP contribution < -0.4 is 0 Å². The van der Waals surface area contributed by atoms with E-state index in [1.54, 1.807) is 14.2 Å². The van der Waals surface area contributed by atoms with Crippen molar-refractivity contribution in [2.45, 2.75) is 18.4 Å². The molecule has 1 atom stereocenters. The van der Waals surface area contributed by atoms with Crippen LogP contribution >= 0.6 is 0 Å². The Morgan fingerprint density at radius 2 is 1.81 bits per heavy atom. The second-order valence-electron chi connectivity index (χ2n) is 3.93. The van der Waals surface area contributed by atoms with E-state index in [1.165, 1.54) is 0 Å². The summed E-state index contributed by atoms with van der Waals surface area (Å²) in [6, 6.07) is 9.63. The second kappa shape index (κ2) is 6.63. The van der Waals surface area contributed by atoms with Crippen LogP contribution in [0.2, 0.25) is 0 Å². The van der Waals surface area contributed by atoms with Gasteiger partial charge in [0.25, 0.3) is 0 Å². The summed E-state index contributed by atoms with van der Waals surface area (Å²) in [7, 11) is 3.27. The molecule has 0 saturated heterocycles. The molecule has 3 heteroatoms. The highest BCUT2D eigenvalue weighted by atomic mass is 16.5. The van der Waals surface area contributed by atoms with Gasteiger partial charge in [-0.1, -0.05) is 30.3 Å². The predicted octanol–water partition coefficient (Wildman–Crippen LogP) is 1.95. The van der Waals surface area contributed by atoms with Crippen LogP contribution in [0.25, 0.3) is 0 Å². The fraction of sp³-hybridized carbons (Fsp3) is 0.538. The molecule has 90 valence electrons. The van der Waals surface area contributed by atoms with E-state index in [9.17, 15) is 5.11 Å². The number of aliphatic hydroxyl groups is 1. The lowest BCUT2D eigenvalue weighted by atomic mass is 9.90. The normalized spacial score (nSPS) is 14.7. The fourth-order valence-corrected chi connectivity index (χ4v) is 1.80. The van der Waals surface area contributed by atoms with Gasteiger partial charge in [0.15, 0.2) is 0 Å². The van der Waals surface area contributed by atoms with Crippen molar-refractivity contribution in [3.8, 4) is 0 Å². The lowest BCUT2D eigenvalue weighted by Gasteiger charge is -2.27. The second-order valence-corrected chi connectivity index (χ2v) is 3.93. The van der Waals surface area contributed by atoms with E-state index in [0.29, 0.717) is 19.6 Å². The van der Waals surface area contributed by atoms with Crippen LogP contribution in [0.15, 0.2) is 30.3 Å². The van der Waals surface area contributed by atoms with E-state index >= 15 is 0 Å². The Bertz CT molecular complexity index is 286. The van der Waals surface area contributed by atoms with Crippen LogP contribution in [-0.2, 0) is 15.1 Å². The van der Waals surface area contributed by atoms with Gasteiger partial charge in [0.1, 0.15) is 5.60 Å². The average molecular weight is 224 g/mol. The third-order valence-corrected chi connectivity index (χ3v) is 2.63. The van der Waals surface area contributed by atoms with Gasteiger partial charge in [0.05, 0.1) is 6.61 Å². The standard InChI is InChI=1S/C13H20O3/c1-15-10-6-9-13(14,11-16-2)12-7-4-3-5-8-12/h3-5,7-8,14H,6,9-11H2,1-2H3. The molecular formula is C13H20O3. The molecule has 0 amide bonds. The van der Waals surface area contributed by atoms with Crippen molar-refractivity contribution in [1.82, 2.24) is 0 Å². The maximum absolute atomic E-state index is 10.5. The van der Waals surface area contributed by atoms with Gasteiger partial charge in [-0.05, 0) is 18.4 Å². The third-order valence-electron chi connectivity index (χ3n) is 2.63. The molecule has 1 N–H and O–H groups in total. The Balaban J connectivity index is 2.71. The molecule has 0 fully saturated rings. The van der Waals surface area contributed by atoms with Gasteiger partial charge in [-0.15, -0.1) is 0 Å². The topological polar surface area (TPSA) is 38.7 Å². The number of ether oxygens (including phenoxy) is 2. The molecule has 0 aromatic heterocycles. The molecule has 0 radical (unpaired) electrons. The average Bonchev–Trinajstić information content (AvgIpc) is 2.31. The Morgan fingerprint density at radius 3 is 2.38 bits per heavy atom. The molecule has 0 saturated carbocycles. The molecule has 0 heterocycles. The first-order chi connectivity index (χ1) is 7.73. The highest BCUT2D eigenvalue weighted by Crippen LogP contribution is 2.26. The SMILES string of the molecule is COCCCC(O)(COC)c1ccccc1. The predicted molar refractivity (Wildman–Crippen MR) is 63.3 cm³/mol. The minimum Gasteiger partial charge on any atom is -0.385 e. The zero-order chi connectivity index (χ0) is 11.9. The van der Waals surface area contributed by atoms with Crippen molar-refractivity contribution in [3.63, 3.8) is 0 Å². The molecule has 1 rings (SSSR count). The van der Waals surface area contributed by atoms with Gasteiger partial charge in [-0.3, -0.25) is 0 Å². The molecule has 1 unspecified atom stereocenters. The molecule has 0 aliphatic carbocycles. The Kier molecular flexibility index (Phi) is 5.46. The van der Waals surface area contributed by atoms with Gasteiger partial charge < -0.3 is 14.6 Å². The summed E-state index contributed by atoms with van der Waals surface area (Å²) in [6.07, 6.45) is 1.45. The quantitative estimate of drug-likeness (QED) is 0.719. The monoisotopic (exact) mass is 224 g/mol. The van der Waals surface area contributed by atoms with E-state index in [1.807, 2.05) is 30.3 Å². The minimum absolute atomic E-state index is 0.306. The van der Waals surface area contributed by atoms with Crippen molar-refractivity contribution in [1.29, 1.82) is 0 Å². The Morgan fingerprint density at radius 1 is 1.12 bits per heavy atom. The largest absolute Gasteiger partial charge is 0.385 e. The van der Waals surface area contributed by atoms with E-state index < -0.39 is 5.60 Å². The minimum atomic E-state index is -0.908. The van der Waals surface area contributed by atoms with Crippen molar-refractivity contribution in [3.05, 3.63) is 35.9 Å². The summed E-state index contributed by atoms with van der Waals surface area (Å²) < 4.78 is 10.1. The summed E-state index contributed by atoms with van der Waals surface area (Å²) in [5.74, 6) is 0. The van der Waals surface area contributed by atoms with E-state index in [-0.39, 0.29) is 0 Å². The number of hydrogen-bond acceptors (Lipinski definition) is 3. The first-order valence-corrected chi connectivity index (χ1v) is 5.49. The van der Waals surface area contributed by atoms with Crippen molar-refractivity contribution in [2.24, 2.45) is 0 Å². The molecule has 3 nitrogen and oxygen atoms in total. The van der Waals surface area contributed by atoms with Crippen molar-refractivity contribution in [2.75, 3.05) is 27.4 Å². The van der Waals surface area contributed by atoms with E-state index in [4.69, 9.17) is 9.47 Å². The molecular weight excluding hydrogens is 204 g/mol. The summed E-state index contributed by atoms with van der Waals surface area (Å²) in [5, 5.41) is 10.5. The maximum atomic E-state index is 10.5. The highest BCUT2D eigenvalue weighted by Gasteiger charge is 2.28. The van der Waals surface area contributed by atoms with Crippen LogP contribution in [0.5, 0.6) is 0 Å². The maximum Gasteiger partial charge on any atom is 0.113 e. The van der Waals surface area contributed by atoms with Crippen LogP contribution in [0, 0.1) is 0 Å². The van der Waals surface area contributed by atoms with Gasteiger partial charge in [0.2, 0.25) is 0 Å². The molecule has 16 heavy (non-hydrogen) atoms. The molecule has 1 aromatic carbocycles. The van der Waals surface area contributed by atoms with Gasteiger partial charge in [0, 0.05) is 20.8 Å². The summed E-state index contributed by atoms with van der Waals surface area (Å²) in [4.78, 5) is 0. The molecule has 0 bridgehead atoms. The van der Waals surface area contributed by atoms with E-state index in [0.717, 1.165) is 12.0 Å². The van der Waals surface area contributed by atoms with Crippen molar-refractivity contribution < 1.29 is 14.6 Å². The van der Waals surface area contributed by atoms with Crippen LogP contribution in [0.3, 0.4) is 0 Å². The van der Waals surface area contributed by atoms with Gasteiger partial charge >= 0.3 is 0 Å². The van der Waals surface area contributed by atoms with E-state index in [2.05, 4.69) is 0 Å². The zero-order valence-electron chi connectivity index (χ0n) is 9.98. The lowest BCUT2D eigenvalue weighted by Crippen LogP contribution is -2.31. The first-order valence-electron chi connectivity index (χ1n) is 5.49. The number of hydrogen-bond donors (Lipinski definition) is 1. The molecule has 0 aliphatic heterocycles. The lowest BCUT2D eigenvalue weighted by molar-refractivity contribution is -0.0465. The first kappa shape index (κ1) is 13.2. The van der Waals surface area contributed by atoms with Gasteiger partial charge in [-0.2, -0.15) is 0 Å². The smallest absolute Gasteiger partial charge is 0.113 e. The fourth-order valence-electron chi connectivity index (χ4n) is 1.80. The molecule has 0 aliphatic rings. The Hall–Kier alpha value is -0.900. The molecule has 0 spiro atoms.